The number of rotatable bonds is 5. The first kappa shape index (κ1) is 17.8. The molecule has 0 unspecified atom stereocenters. The Hall–Kier alpha value is -1.56. The molecular formula is C17H23ClN2O3. The number of nitrogens with zero attached hydrogens (tertiary/aromatic N) is 1. The number of fused-ring (bicyclic) bond motifs is 1. The van der Waals surface area contributed by atoms with Crippen molar-refractivity contribution in [2.45, 2.75) is 25.4 Å². The summed E-state index contributed by atoms with van der Waals surface area (Å²) in [6.07, 6.45) is 2.87. The lowest BCUT2D eigenvalue weighted by molar-refractivity contribution is 0.00770. The van der Waals surface area contributed by atoms with Crippen LogP contribution in [0.25, 0.3) is 11.0 Å². The molecule has 0 atom stereocenters. The second kappa shape index (κ2) is 8.34. The third kappa shape index (κ3) is 4.25. The highest BCUT2D eigenvalue weighted by Crippen LogP contribution is 2.22. The van der Waals surface area contributed by atoms with Gasteiger partial charge in [0.2, 0.25) is 0 Å². The van der Waals surface area contributed by atoms with Crippen LogP contribution >= 0.6 is 12.4 Å². The molecule has 2 heterocycles. The fourth-order valence-electron chi connectivity index (χ4n) is 2.80. The van der Waals surface area contributed by atoms with E-state index in [1.807, 2.05) is 35.2 Å². The van der Waals surface area contributed by atoms with E-state index in [9.17, 15) is 4.79 Å². The van der Waals surface area contributed by atoms with Gasteiger partial charge in [0, 0.05) is 25.1 Å². The molecule has 23 heavy (non-hydrogen) atoms. The highest BCUT2D eigenvalue weighted by Gasteiger charge is 2.25. The number of carbonyl (C=O) groups excluding carboxylic acids is 1. The first-order valence-electron chi connectivity index (χ1n) is 7.87. The maximum absolute atomic E-state index is 12.5. The topological polar surface area (TPSA) is 68.7 Å². The Morgan fingerprint density at radius 2 is 2.04 bits per heavy atom. The number of ether oxygens (including phenoxy) is 1. The van der Waals surface area contributed by atoms with Crippen LogP contribution in [-0.2, 0) is 4.74 Å². The molecule has 126 valence electrons. The average Bonchev–Trinajstić information content (AvgIpc) is 2.99. The molecule has 1 saturated heterocycles. The van der Waals surface area contributed by atoms with E-state index in [0.29, 0.717) is 32.0 Å². The Kier molecular flexibility index (Phi) is 6.45. The van der Waals surface area contributed by atoms with Crippen molar-refractivity contribution >= 4 is 29.3 Å². The highest BCUT2D eigenvalue weighted by molar-refractivity contribution is 5.96. The molecule has 1 aromatic heterocycles. The Morgan fingerprint density at radius 1 is 1.30 bits per heavy atom. The van der Waals surface area contributed by atoms with Gasteiger partial charge in [-0.1, -0.05) is 18.2 Å². The van der Waals surface area contributed by atoms with Crippen LogP contribution in [0.1, 0.15) is 29.8 Å². The van der Waals surface area contributed by atoms with E-state index in [2.05, 4.69) is 0 Å². The van der Waals surface area contributed by atoms with Crippen molar-refractivity contribution in [3.8, 4) is 0 Å². The molecule has 0 spiro atoms. The first-order valence-corrected chi connectivity index (χ1v) is 7.87. The van der Waals surface area contributed by atoms with E-state index in [4.69, 9.17) is 14.9 Å². The predicted octanol–water partition coefficient (Wildman–Crippen LogP) is 2.82. The lowest BCUT2D eigenvalue weighted by atomic mass is 10.1. The van der Waals surface area contributed by atoms with Gasteiger partial charge in [0.1, 0.15) is 5.58 Å². The van der Waals surface area contributed by atoms with Crippen LogP contribution in [0.3, 0.4) is 0 Å². The fourth-order valence-corrected chi connectivity index (χ4v) is 2.80. The largest absolute Gasteiger partial charge is 0.451 e. The minimum atomic E-state index is -0.0309. The molecule has 0 aliphatic carbocycles. The number of hydrogen-bond donors (Lipinski definition) is 1. The van der Waals surface area contributed by atoms with Crippen LogP contribution in [0, 0.1) is 0 Å². The summed E-state index contributed by atoms with van der Waals surface area (Å²) >= 11 is 0. The molecule has 1 fully saturated rings. The quantitative estimate of drug-likeness (QED) is 0.851. The van der Waals surface area contributed by atoms with Crippen molar-refractivity contribution in [2.75, 3.05) is 26.2 Å². The number of halogens is 1. The molecule has 5 nitrogen and oxygen atoms in total. The van der Waals surface area contributed by atoms with Crippen LogP contribution in [-0.4, -0.2) is 43.2 Å². The first-order chi connectivity index (χ1) is 10.8. The number of benzene rings is 1. The standard InChI is InChI=1S/C17H22N2O3.ClH/c18-8-3-11-21-14-6-9-19(10-7-14)17(20)16-12-13-4-1-2-5-15(13)22-16;/h1-2,4-5,12,14H,3,6-11,18H2;1H. The van der Waals surface area contributed by atoms with E-state index >= 15 is 0 Å². The van der Waals surface area contributed by atoms with E-state index < -0.39 is 0 Å². The SMILES string of the molecule is Cl.NCCCOC1CCN(C(=O)c2cc3ccccc3o2)CC1. The van der Waals surface area contributed by atoms with Gasteiger partial charge in [0.25, 0.3) is 5.91 Å². The molecule has 1 aromatic carbocycles. The molecule has 2 N–H and O–H groups in total. The summed E-state index contributed by atoms with van der Waals surface area (Å²) in [5, 5.41) is 0.964. The van der Waals surface area contributed by atoms with Gasteiger partial charge >= 0.3 is 0 Å². The minimum absolute atomic E-state index is 0. The van der Waals surface area contributed by atoms with Gasteiger partial charge in [-0.05, 0) is 37.9 Å². The monoisotopic (exact) mass is 338 g/mol. The highest BCUT2D eigenvalue weighted by atomic mass is 35.5. The molecule has 6 heteroatoms. The number of hydrogen-bond acceptors (Lipinski definition) is 4. The number of furan rings is 1. The van der Waals surface area contributed by atoms with Crippen molar-refractivity contribution in [3.63, 3.8) is 0 Å². The molecular weight excluding hydrogens is 316 g/mol. The average molecular weight is 339 g/mol. The Labute approximate surface area is 142 Å². The van der Waals surface area contributed by atoms with E-state index in [1.165, 1.54) is 0 Å². The number of piperidine rings is 1. The molecule has 0 bridgehead atoms. The summed E-state index contributed by atoms with van der Waals surface area (Å²) in [5.74, 6) is 0.389. The molecule has 1 amide bonds. The van der Waals surface area contributed by atoms with Crippen molar-refractivity contribution in [3.05, 3.63) is 36.1 Å². The van der Waals surface area contributed by atoms with Gasteiger partial charge in [-0.2, -0.15) is 0 Å². The van der Waals surface area contributed by atoms with Crippen molar-refractivity contribution in [1.29, 1.82) is 0 Å². The smallest absolute Gasteiger partial charge is 0.289 e. The van der Waals surface area contributed by atoms with Crippen LogP contribution < -0.4 is 5.73 Å². The summed E-state index contributed by atoms with van der Waals surface area (Å²) in [5.41, 5.74) is 6.21. The lowest BCUT2D eigenvalue weighted by Gasteiger charge is -2.31. The Bertz CT molecular complexity index is 603. The van der Waals surface area contributed by atoms with E-state index in [-0.39, 0.29) is 24.4 Å². The van der Waals surface area contributed by atoms with Gasteiger partial charge in [0.15, 0.2) is 5.76 Å². The number of likely N-dealkylation sites (tertiary alicyclic amines) is 1. The van der Waals surface area contributed by atoms with Gasteiger partial charge in [-0.15, -0.1) is 12.4 Å². The maximum Gasteiger partial charge on any atom is 0.289 e. The van der Waals surface area contributed by atoms with Crippen molar-refractivity contribution < 1.29 is 13.9 Å². The van der Waals surface area contributed by atoms with E-state index in [1.54, 1.807) is 0 Å². The van der Waals surface area contributed by atoms with E-state index in [0.717, 1.165) is 30.2 Å². The van der Waals surface area contributed by atoms with Gasteiger partial charge in [-0.25, -0.2) is 0 Å². The molecule has 3 rings (SSSR count). The third-order valence-electron chi connectivity index (χ3n) is 4.07. The number of carbonyl (C=O) groups is 1. The van der Waals surface area contributed by atoms with Crippen LogP contribution in [0.2, 0.25) is 0 Å². The van der Waals surface area contributed by atoms with Gasteiger partial charge in [0.05, 0.1) is 6.10 Å². The van der Waals surface area contributed by atoms with Crippen molar-refractivity contribution in [1.82, 2.24) is 4.90 Å². The lowest BCUT2D eigenvalue weighted by Crippen LogP contribution is -2.40. The number of para-hydroxylation sites is 1. The third-order valence-corrected chi connectivity index (χ3v) is 4.07. The second-order valence-corrected chi connectivity index (χ2v) is 5.65. The van der Waals surface area contributed by atoms with Gasteiger partial charge in [-0.3, -0.25) is 4.79 Å². The van der Waals surface area contributed by atoms with Gasteiger partial charge < -0.3 is 19.8 Å². The predicted molar refractivity (Wildman–Crippen MR) is 92.0 cm³/mol. The minimum Gasteiger partial charge on any atom is -0.451 e. The van der Waals surface area contributed by atoms with Crippen LogP contribution in [0.5, 0.6) is 0 Å². The molecule has 0 radical (unpaired) electrons. The summed E-state index contributed by atoms with van der Waals surface area (Å²) in [4.78, 5) is 14.4. The summed E-state index contributed by atoms with van der Waals surface area (Å²) in [7, 11) is 0. The molecule has 0 saturated carbocycles. The Morgan fingerprint density at radius 3 is 2.74 bits per heavy atom. The maximum atomic E-state index is 12.5. The zero-order valence-electron chi connectivity index (χ0n) is 13.1. The zero-order chi connectivity index (χ0) is 15.4. The van der Waals surface area contributed by atoms with Crippen LogP contribution in [0.4, 0.5) is 0 Å². The summed E-state index contributed by atoms with van der Waals surface area (Å²) in [6.45, 7) is 2.79. The summed E-state index contributed by atoms with van der Waals surface area (Å²) < 4.78 is 11.4. The fraction of sp³-hybridized carbons (Fsp3) is 0.471. The van der Waals surface area contributed by atoms with Crippen molar-refractivity contribution in [2.24, 2.45) is 5.73 Å². The number of nitrogens with two attached hydrogens (primary N) is 1. The summed E-state index contributed by atoms with van der Waals surface area (Å²) in [6, 6.07) is 9.50. The van der Waals surface area contributed by atoms with Crippen LogP contribution in [0.15, 0.2) is 34.7 Å². The molecule has 1 aliphatic rings. The number of amides is 1. The molecule has 1 aliphatic heterocycles. The Balaban J connectivity index is 0.00000192. The molecule has 2 aromatic rings. The normalized spacial score (nSPS) is 15.6. The second-order valence-electron chi connectivity index (χ2n) is 5.65. The zero-order valence-corrected chi connectivity index (χ0v) is 13.9.